The maximum Gasteiger partial charge on any atom is 0.134 e. The van der Waals surface area contributed by atoms with Crippen LogP contribution in [0.1, 0.15) is 17.2 Å². The molecular weight excluding hydrogens is 295 g/mol. The van der Waals surface area contributed by atoms with Crippen molar-refractivity contribution in [2.45, 2.75) is 12.5 Å². The van der Waals surface area contributed by atoms with E-state index in [9.17, 15) is 5.11 Å². The van der Waals surface area contributed by atoms with Crippen molar-refractivity contribution in [3.05, 3.63) is 69.9 Å². The van der Waals surface area contributed by atoms with E-state index >= 15 is 0 Å². The van der Waals surface area contributed by atoms with Gasteiger partial charge in [0.25, 0.3) is 0 Å². The molecule has 0 saturated heterocycles. The Balaban J connectivity index is 1.91. The minimum atomic E-state index is -0.669. The quantitative estimate of drug-likeness (QED) is 0.737. The van der Waals surface area contributed by atoms with Crippen LogP contribution in [0, 0.1) is 0 Å². The molecule has 0 aliphatic heterocycles. The largest absolute Gasteiger partial charge is 0.464 e. The van der Waals surface area contributed by atoms with E-state index < -0.39 is 6.10 Å². The molecule has 1 atom stereocenters. The number of aliphatic hydroxyl groups is 1. The first-order valence-electron chi connectivity index (χ1n) is 6.23. The predicted molar refractivity (Wildman–Crippen MR) is 81.3 cm³/mol. The molecule has 0 bridgehead atoms. The number of benzene rings is 2. The molecule has 0 amide bonds. The van der Waals surface area contributed by atoms with Crippen LogP contribution in [-0.4, -0.2) is 5.11 Å². The molecule has 20 heavy (non-hydrogen) atoms. The van der Waals surface area contributed by atoms with Gasteiger partial charge in [-0.1, -0.05) is 47.5 Å². The lowest BCUT2D eigenvalue weighted by Gasteiger charge is -2.11. The molecule has 1 unspecified atom stereocenters. The van der Waals surface area contributed by atoms with Crippen molar-refractivity contribution in [1.29, 1.82) is 0 Å². The van der Waals surface area contributed by atoms with Gasteiger partial charge >= 0.3 is 0 Å². The van der Waals surface area contributed by atoms with Crippen molar-refractivity contribution in [1.82, 2.24) is 0 Å². The molecule has 3 rings (SSSR count). The van der Waals surface area contributed by atoms with Crippen LogP contribution in [0.2, 0.25) is 10.0 Å². The van der Waals surface area contributed by atoms with Crippen LogP contribution in [-0.2, 0) is 6.42 Å². The van der Waals surface area contributed by atoms with Crippen LogP contribution in [0.5, 0.6) is 0 Å². The summed E-state index contributed by atoms with van der Waals surface area (Å²) < 4.78 is 5.44. The van der Waals surface area contributed by atoms with Gasteiger partial charge in [-0.25, -0.2) is 0 Å². The molecule has 0 radical (unpaired) electrons. The molecular formula is C16H12Cl2O2. The zero-order valence-electron chi connectivity index (χ0n) is 10.5. The van der Waals surface area contributed by atoms with E-state index in [1.54, 1.807) is 18.4 Å². The fraction of sp³-hybridized carbons (Fsp3) is 0.125. The summed E-state index contributed by atoms with van der Waals surface area (Å²) in [5.41, 5.74) is 2.39. The molecule has 0 saturated carbocycles. The second-order valence-electron chi connectivity index (χ2n) is 4.64. The lowest BCUT2D eigenvalue weighted by Crippen LogP contribution is -2.01. The van der Waals surface area contributed by atoms with E-state index in [0.717, 1.165) is 22.1 Å². The molecule has 0 fully saturated rings. The fourth-order valence-corrected chi connectivity index (χ4v) is 2.75. The van der Waals surface area contributed by atoms with Crippen molar-refractivity contribution in [2.24, 2.45) is 0 Å². The average molecular weight is 307 g/mol. The highest BCUT2D eigenvalue weighted by molar-refractivity contribution is 6.35. The van der Waals surface area contributed by atoms with E-state index in [1.165, 1.54) is 0 Å². The summed E-state index contributed by atoms with van der Waals surface area (Å²) in [5.74, 6) is 0. The summed E-state index contributed by atoms with van der Waals surface area (Å²) in [6, 6.07) is 12.9. The first-order chi connectivity index (χ1) is 9.65. The van der Waals surface area contributed by atoms with Crippen molar-refractivity contribution in [2.75, 3.05) is 0 Å². The van der Waals surface area contributed by atoms with Gasteiger partial charge in [-0.05, 0) is 23.8 Å². The number of hydrogen-bond acceptors (Lipinski definition) is 2. The number of halogens is 2. The molecule has 102 valence electrons. The third-order valence-electron chi connectivity index (χ3n) is 3.30. The topological polar surface area (TPSA) is 33.4 Å². The summed E-state index contributed by atoms with van der Waals surface area (Å²) in [4.78, 5) is 0. The van der Waals surface area contributed by atoms with Crippen LogP contribution in [0.15, 0.2) is 53.1 Å². The molecule has 1 N–H and O–H groups in total. The molecule has 2 aromatic carbocycles. The zero-order valence-corrected chi connectivity index (χ0v) is 12.0. The first-order valence-corrected chi connectivity index (χ1v) is 6.99. The molecule has 0 spiro atoms. The maximum absolute atomic E-state index is 10.4. The van der Waals surface area contributed by atoms with Crippen LogP contribution < -0.4 is 0 Å². The lowest BCUT2D eigenvalue weighted by molar-refractivity contribution is 0.179. The Kier molecular flexibility index (Phi) is 3.70. The molecule has 3 aromatic rings. The van der Waals surface area contributed by atoms with Gasteiger partial charge in [0.2, 0.25) is 0 Å². The molecule has 4 heteroatoms. The number of hydrogen-bond donors (Lipinski definition) is 1. The van der Waals surface area contributed by atoms with Gasteiger partial charge in [0.1, 0.15) is 5.58 Å². The number of para-hydroxylation sites is 1. The number of aliphatic hydroxyl groups excluding tert-OH is 1. The third kappa shape index (κ3) is 2.55. The summed E-state index contributed by atoms with van der Waals surface area (Å²) in [6.07, 6.45) is 1.34. The minimum Gasteiger partial charge on any atom is -0.464 e. The highest BCUT2D eigenvalue weighted by atomic mass is 35.5. The molecule has 1 heterocycles. The van der Waals surface area contributed by atoms with Crippen LogP contribution in [0.3, 0.4) is 0 Å². The number of furan rings is 1. The second kappa shape index (κ2) is 5.49. The number of rotatable bonds is 3. The third-order valence-corrected chi connectivity index (χ3v) is 3.89. The highest BCUT2D eigenvalue weighted by Gasteiger charge is 2.16. The van der Waals surface area contributed by atoms with Gasteiger partial charge in [-0.3, -0.25) is 0 Å². The normalized spacial score (nSPS) is 12.8. The Morgan fingerprint density at radius 3 is 2.70 bits per heavy atom. The van der Waals surface area contributed by atoms with Crippen LogP contribution >= 0.6 is 23.2 Å². The van der Waals surface area contributed by atoms with E-state index in [4.69, 9.17) is 27.6 Å². The smallest absolute Gasteiger partial charge is 0.134 e. The SMILES string of the molecule is OC(Cc1ccc(Cl)cc1Cl)c1coc2ccccc12. The highest BCUT2D eigenvalue weighted by Crippen LogP contribution is 2.30. The van der Waals surface area contributed by atoms with Crippen molar-refractivity contribution in [3.63, 3.8) is 0 Å². The summed E-state index contributed by atoms with van der Waals surface area (Å²) in [7, 11) is 0. The average Bonchev–Trinajstić information content (AvgIpc) is 2.86. The maximum atomic E-state index is 10.4. The van der Waals surface area contributed by atoms with Gasteiger partial charge in [0.15, 0.2) is 0 Å². The van der Waals surface area contributed by atoms with Crippen molar-refractivity contribution >= 4 is 34.2 Å². The summed E-state index contributed by atoms with van der Waals surface area (Å²) in [6.45, 7) is 0. The van der Waals surface area contributed by atoms with Gasteiger partial charge in [-0.15, -0.1) is 0 Å². The van der Waals surface area contributed by atoms with Gasteiger partial charge < -0.3 is 9.52 Å². The lowest BCUT2D eigenvalue weighted by atomic mass is 10.0. The Hall–Kier alpha value is -1.48. The van der Waals surface area contributed by atoms with E-state index in [-0.39, 0.29) is 0 Å². The standard InChI is InChI=1S/C16H12Cl2O2/c17-11-6-5-10(14(18)8-11)7-15(19)13-9-20-16-4-2-1-3-12(13)16/h1-6,8-9,15,19H,7H2. The van der Waals surface area contributed by atoms with Gasteiger partial charge in [0.05, 0.1) is 12.4 Å². The Labute approximate surface area is 126 Å². The molecule has 0 aliphatic carbocycles. The zero-order chi connectivity index (χ0) is 14.1. The van der Waals surface area contributed by atoms with Gasteiger partial charge in [0, 0.05) is 27.4 Å². The van der Waals surface area contributed by atoms with Crippen LogP contribution in [0.4, 0.5) is 0 Å². The second-order valence-corrected chi connectivity index (χ2v) is 5.49. The van der Waals surface area contributed by atoms with E-state index in [1.807, 2.05) is 30.3 Å². The minimum absolute atomic E-state index is 0.416. The predicted octanol–water partition coefficient (Wildman–Crippen LogP) is 5.02. The molecule has 0 aliphatic rings. The van der Waals surface area contributed by atoms with Crippen LogP contribution in [0.25, 0.3) is 11.0 Å². The molecule has 2 nitrogen and oxygen atoms in total. The monoisotopic (exact) mass is 306 g/mol. The Bertz CT molecular complexity index is 749. The Morgan fingerprint density at radius 2 is 1.90 bits per heavy atom. The van der Waals surface area contributed by atoms with Crippen molar-refractivity contribution in [3.8, 4) is 0 Å². The van der Waals surface area contributed by atoms with E-state index in [0.29, 0.717) is 16.5 Å². The van der Waals surface area contributed by atoms with Crippen molar-refractivity contribution < 1.29 is 9.52 Å². The molecule has 1 aromatic heterocycles. The first kappa shape index (κ1) is 13.5. The van der Waals surface area contributed by atoms with E-state index in [2.05, 4.69) is 0 Å². The van der Waals surface area contributed by atoms with Gasteiger partial charge in [-0.2, -0.15) is 0 Å². The summed E-state index contributed by atoms with van der Waals surface area (Å²) in [5, 5.41) is 12.5. The number of fused-ring (bicyclic) bond motifs is 1. The summed E-state index contributed by atoms with van der Waals surface area (Å²) >= 11 is 12.0. The fourth-order valence-electron chi connectivity index (χ4n) is 2.26. The Morgan fingerprint density at radius 1 is 1.10 bits per heavy atom.